The summed E-state index contributed by atoms with van der Waals surface area (Å²) in [5.41, 5.74) is 0. The van der Waals surface area contributed by atoms with Gasteiger partial charge in [-0.25, -0.2) is 0 Å². The Morgan fingerprint density at radius 1 is 0.397 bits per heavy atom. The van der Waals surface area contributed by atoms with Crippen LogP contribution in [0.2, 0.25) is 0 Å². The fraction of sp³-hybridized carbons (Fsp3) is 0.877. The normalized spacial score (nSPS) is 14.1. The van der Waals surface area contributed by atoms with Crippen molar-refractivity contribution in [1.29, 1.82) is 0 Å². The summed E-state index contributed by atoms with van der Waals surface area (Å²) in [5, 5.41) is 43.7. The van der Waals surface area contributed by atoms with Crippen molar-refractivity contribution in [2.75, 3.05) is 6.61 Å². The zero-order valence-corrected chi connectivity index (χ0v) is 42.1. The standard InChI is InChI=1S/C57H109NO5/c1-3-5-7-9-11-13-15-17-18-19-20-21-22-23-24-25-26-27-28-29-30-31-32-33-34-35-36-37-39-41-43-45-47-49-51-55(61)57(63)58-53(52-59)56(62)54(60)50-48-46-44-42-40-38-16-14-12-10-8-6-4-2/h6,8,14,16,42,44,53-56,59-62H,3-5,7,9-13,15,17-41,43,45-52H2,1-2H3,(H,58,63)/b8-6+,16-14+,44-42+. The van der Waals surface area contributed by atoms with E-state index in [9.17, 15) is 25.2 Å². The van der Waals surface area contributed by atoms with E-state index >= 15 is 0 Å². The third-order valence-corrected chi connectivity index (χ3v) is 13.1. The molecule has 0 aromatic carbocycles. The van der Waals surface area contributed by atoms with Gasteiger partial charge in [0.1, 0.15) is 12.2 Å². The van der Waals surface area contributed by atoms with Crippen molar-refractivity contribution in [1.82, 2.24) is 5.32 Å². The van der Waals surface area contributed by atoms with Crippen LogP contribution < -0.4 is 5.32 Å². The molecular formula is C57H109NO5. The molecule has 0 aromatic rings. The number of nitrogens with one attached hydrogen (secondary N) is 1. The van der Waals surface area contributed by atoms with E-state index < -0.39 is 36.9 Å². The molecule has 5 N–H and O–H groups in total. The van der Waals surface area contributed by atoms with Gasteiger partial charge >= 0.3 is 0 Å². The predicted octanol–water partition coefficient (Wildman–Crippen LogP) is 16.0. The van der Waals surface area contributed by atoms with E-state index in [1.54, 1.807) is 0 Å². The summed E-state index contributed by atoms with van der Waals surface area (Å²) in [4.78, 5) is 12.6. The average Bonchev–Trinajstić information content (AvgIpc) is 3.29. The van der Waals surface area contributed by atoms with Crippen molar-refractivity contribution >= 4 is 5.91 Å². The summed E-state index contributed by atoms with van der Waals surface area (Å²) in [5.74, 6) is -0.597. The minimum atomic E-state index is -1.29. The molecule has 63 heavy (non-hydrogen) atoms. The van der Waals surface area contributed by atoms with Crippen LogP contribution in [0.1, 0.15) is 290 Å². The molecule has 0 saturated carbocycles. The van der Waals surface area contributed by atoms with Gasteiger partial charge in [-0.3, -0.25) is 4.79 Å². The third kappa shape index (κ3) is 45.5. The molecule has 0 aliphatic rings. The van der Waals surface area contributed by atoms with Gasteiger partial charge in [0, 0.05) is 0 Å². The van der Waals surface area contributed by atoms with Gasteiger partial charge in [-0.05, 0) is 57.8 Å². The monoisotopic (exact) mass is 888 g/mol. The number of carbonyl (C=O) groups is 1. The highest BCUT2D eigenvalue weighted by Gasteiger charge is 2.28. The van der Waals surface area contributed by atoms with Crippen LogP contribution in [0.25, 0.3) is 0 Å². The number of carbonyl (C=O) groups excluding carboxylic acids is 1. The van der Waals surface area contributed by atoms with Crippen LogP contribution in [-0.4, -0.2) is 57.3 Å². The topological polar surface area (TPSA) is 110 Å². The van der Waals surface area contributed by atoms with Gasteiger partial charge in [0.2, 0.25) is 5.91 Å². The number of aliphatic hydroxyl groups is 4. The van der Waals surface area contributed by atoms with Crippen LogP contribution >= 0.6 is 0 Å². The molecule has 0 saturated heterocycles. The Balaban J connectivity index is 3.53. The number of aliphatic hydroxyl groups excluding tert-OH is 4. The van der Waals surface area contributed by atoms with E-state index in [0.29, 0.717) is 19.3 Å². The molecule has 0 aromatic heterocycles. The molecule has 0 bridgehead atoms. The van der Waals surface area contributed by atoms with E-state index in [2.05, 4.69) is 55.6 Å². The first-order valence-corrected chi connectivity index (χ1v) is 27.9. The molecule has 0 fully saturated rings. The molecule has 372 valence electrons. The molecule has 4 unspecified atom stereocenters. The summed E-state index contributed by atoms with van der Waals surface area (Å²) in [6.45, 7) is 3.94. The largest absolute Gasteiger partial charge is 0.394 e. The number of unbranched alkanes of at least 4 members (excludes halogenated alkanes) is 36. The Hall–Kier alpha value is -1.47. The van der Waals surface area contributed by atoms with Gasteiger partial charge in [-0.1, -0.05) is 269 Å². The van der Waals surface area contributed by atoms with Gasteiger partial charge in [-0.2, -0.15) is 0 Å². The van der Waals surface area contributed by atoms with Crippen LogP contribution in [0, 0.1) is 0 Å². The fourth-order valence-electron chi connectivity index (χ4n) is 8.74. The van der Waals surface area contributed by atoms with Crippen LogP contribution in [0.5, 0.6) is 0 Å². The molecular weight excluding hydrogens is 779 g/mol. The van der Waals surface area contributed by atoms with Crippen molar-refractivity contribution in [3.05, 3.63) is 36.5 Å². The lowest BCUT2D eigenvalue weighted by atomic mass is 10.00. The Bertz CT molecular complexity index is 997. The SMILES string of the molecule is CC/C=C/CC/C=C/CC/C=C/CCCC(O)C(O)C(CO)NC(=O)C(O)CCCCCCCCCCCCCCCCCCCCCCCCCCCCCCCCCCCC. The minimum absolute atomic E-state index is 0.362. The predicted molar refractivity (Wildman–Crippen MR) is 274 cm³/mol. The highest BCUT2D eigenvalue weighted by atomic mass is 16.3. The molecule has 0 heterocycles. The van der Waals surface area contributed by atoms with E-state index in [4.69, 9.17) is 0 Å². The Morgan fingerprint density at radius 2 is 0.698 bits per heavy atom. The van der Waals surface area contributed by atoms with Gasteiger partial charge in [-0.15, -0.1) is 0 Å². The Morgan fingerprint density at radius 3 is 1.02 bits per heavy atom. The molecule has 0 aliphatic carbocycles. The quantitative estimate of drug-likeness (QED) is 0.0309. The summed E-state index contributed by atoms with van der Waals surface area (Å²) in [6, 6.07) is -1.01. The zero-order chi connectivity index (χ0) is 45.9. The molecule has 6 nitrogen and oxygen atoms in total. The van der Waals surface area contributed by atoms with Crippen LogP contribution in [0.15, 0.2) is 36.5 Å². The summed E-state index contributed by atoms with van der Waals surface area (Å²) in [6.07, 6.45) is 63.9. The maximum Gasteiger partial charge on any atom is 0.249 e. The third-order valence-electron chi connectivity index (χ3n) is 13.1. The van der Waals surface area contributed by atoms with Crippen molar-refractivity contribution in [2.45, 2.75) is 314 Å². The van der Waals surface area contributed by atoms with Gasteiger partial charge in [0.15, 0.2) is 0 Å². The Kier molecular flexibility index (Phi) is 50.3. The molecule has 0 spiro atoms. The highest BCUT2D eigenvalue weighted by Crippen LogP contribution is 2.18. The maximum absolute atomic E-state index is 12.6. The molecule has 1 amide bonds. The van der Waals surface area contributed by atoms with Crippen molar-refractivity contribution < 1.29 is 25.2 Å². The minimum Gasteiger partial charge on any atom is -0.394 e. The average molecular weight is 889 g/mol. The second kappa shape index (κ2) is 51.5. The highest BCUT2D eigenvalue weighted by molar-refractivity contribution is 5.80. The number of hydrogen-bond acceptors (Lipinski definition) is 5. The molecule has 6 heteroatoms. The van der Waals surface area contributed by atoms with Gasteiger partial charge in [0.05, 0.1) is 18.8 Å². The van der Waals surface area contributed by atoms with Crippen LogP contribution in [0.4, 0.5) is 0 Å². The van der Waals surface area contributed by atoms with E-state index in [0.717, 1.165) is 57.8 Å². The summed E-state index contributed by atoms with van der Waals surface area (Å²) >= 11 is 0. The fourth-order valence-corrected chi connectivity index (χ4v) is 8.74. The first-order chi connectivity index (χ1) is 31.0. The summed E-state index contributed by atoms with van der Waals surface area (Å²) in [7, 11) is 0. The van der Waals surface area contributed by atoms with E-state index in [-0.39, 0.29) is 0 Å². The first-order valence-electron chi connectivity index (χ1n) is 27.9. The smallest absolute Gasteiger partial charge is 0.249 e. The second-order valence-corrected chi connectivity index (χ2v) is 19.2. The maximum atomic E-state index is 12.6. The second-order valence-electron chi connectivity index (χ2n) is 19.2. The number of allylic oxidation sites excluding steroid dienone is 6. The molecule has 0 aliphatic heterocycles. The number of amides is 1. The number of hydrogen-bond donors (Lipinski definition) is 5. The summed E-state index contributed by atoms with van der Waals surface area (Å²) < 4.78 is 0. The van der Waals surface area contributed by atoms with Gasteiger partial charge in [0.25, 0.3) is 0 Å². The molecule has 0 radical (unpaired) electrons. The lowest BCUT2D eigenvalue weighted by Gasteiger charge is -2.27. The van der Waals surface area contributed by atoms with Crippen molar-refractivity contribution in [3.8, 4) is 0 Å². The van der Waals surface area contributed by atoms with E-state index in [1.807, 2.05) is 0 Å². The number of rotatable bonds is 51. The lowest BCUT2D eigenvalue weighted by molar-refractivity contribution is -0.132. The van der Waals surface area contributed by atoms with Crippen molar-refractivity contribution in [3.63, 3.8) is 0 Å². The van der Waals surface area contributed by atoms with Crippen molar-refractivity contribution in [2.24, 2.45) is 0 Å². The molecule has 4 atom stereocenters. The van der Waals surface area contributed by atoms with Gasteiger partial charge < -0.3 is 25.7 Å². The van der Waals surface area contributed by atoms with Crippen LogP contribution in [0.3, 0.4) is 0 Å². The lowest BCUT2D eigenvalue weighted by Crippen LogP contribution is -2.53. The first kappa shape index (κ1) is 61.5. The Labute approximate surface area is 392 Å². The van der Waals surface area contributed by atoms with E-state index in [1.165, 1.54) is 199 Å². The molecule has 0 rings (SSSR count). The zero-order valence-electron chi connectivity index (χ0n) is 42.1. The van der Waals surface area contributed by atoms with Crippen LogP contribution in [-0.2, 0) is 4.79 Å².